The van der Waals surface area contributed by atoms with Crippen molar-refractivity contribution in [3.05, 3.63) is 22.9 Å². The summed E-state index contributed by atoms with van der Waals surface area (Å²) in [6, 6.07) is 4.07. The van der Waals surface area contributed by atoms with E-state index in [1.54, 1.807) is 0 Å². The van der Waals surface area contributed by atoms with Crippen LogP contribution in [0.5, 0.6) is 5.88 Å². The van der Waals surface area contributed by atoms with Crippen LogP contribution >= 0.6 is 0 Å². The SMILES string of the molecule is Cc1cc(C)c(C#N)c(OCC2CCOCC2)n1. The molecule has 96 valence electrons. The minimum Gasteiger partial charge on any atom is -0.476 e. The molecule has 0 aromatic carbocycles. The van der Waals surface area contributed by atoms with E-state index >= 15 is 0 Å². The number of rotatable bonds is 3. The van der Waals surface area contributed by atoms with Crippen molar-refractivity contribution in [1.29, 1.82) is 5.26 Å². The molecule has 18 heavy (non-hydrogen) atoms. The van der Waals surface area contributed by atoms with Crippen molar-refractivity contribution in [2.24, 2.45) is 5.92 Å². The molecule has 4 heteroatoms. The maximum Gasteiger partial charge on any atom is 0.232 e. The van der Waals surface area contributed by atoms with Gasteiger partial charge in [-0.15, -0.1) is 0 Å². The van der Waals surface area contributed by atoms with Crippen LogP contribution in [0.25, 0.3) is 0 Å². The Labute approximate surface area is 108 Å². The normalized spacial score (nSPS) is 16.3. The predicted molar refractivity (Wildman–Crippen MR) is 67.5 cm³/mol. The summed E-state index contributed by atoms with van der Waals surface area (Å²) in [4.78, 5) is 4.31. The molecule has 1 aromatic heterocycles. The maximum atomic E-state index is 9.14. The number of nitriles is 1. The fourth-order valence-electron chi connectivity index (χ4n) is 2.15. The van der Waals surface area contributed by atoms with Crippen LogP contribution in [-0.2, 0) is 4.74 Å². The highest BCUT2D eigenvalue weighted by Crippen LogP contribution is 2.22. The van der Waals surface area contributed by atoms with Gasteiger partial charge in [0, 0.05) is 18.9 Å². The maximum absolute atomic E-state index is 9.14. The van der Waals surface area contributed by atoms with Gasteiger partial charge in [0.15, 0.2) is 0 Å². The van der Waals surface area contributed by atoms with Gasteiger partial charge < -0.3 is 9.47 Å². The van der Waals surface area contributed by atoms with Crippen LogP contribution in [0, 0.1) is 31.1 Å². The van der Waals surface area contributed by atoms with Gasteiger partial charge in [0.2, 0.25) is 5.88 Å². The molecule has 1 aromatic rings. The molecule has 1 aliphatic heterocycles. The number of nitrogens with zero attached hydrogens (tertiary/aromatic N) is 2. The third-order valence-electron chi connectivity index (χ3n) is 3.22. The van der Waals surface area contributed by atoms with Crippen LogP contribution in [0.3, 0.4) is 0 Å². The first-order valence-corrected chi connectivity index (χ1v) is 6.29. The highest BCUT2D eigenvalue weighted by molar-refractivity contribution is 5.45. The van der Waals surface area contributed by atoms with Crippen LogP contribution < -0.4 is 4.74 Å². The number of aryl methyl sites for hydroxylation is 2. The lowest BCUT2D eigenvalue weighted by Gasteiger charge is -2.22. The summed E-state index contributed by atoms with van der Waals surface area (Å²) >= 11 is 0. The second-order valence-corrected chi connectivity index (χ2v) is 4.74. The number of hydrogen-bond donors (Lipinski definition) is 0. The summed E-state index contributed by atoms with van der Waals surface area (Å²) in [6.07, 6.45) is 2.04. The number of aromatic nitrogens is 1. The topological polar surface area (TPSA) is 55.1 Å². The molecular formula is C14H18N2O2. The molecule has 0 unspecified atom stereocenters. The van der Waals surface area contributed by atoms with Gasteiger partial charge in [0.1, 0.15) is 11.6 Å². The average molecular weight is 246 g/mol. The minimum absolute atomic E-state index is 0.474. The lowest BCUT2D eigenvalue weighted by molar-refractivity contribution is 0.0489. The van der Waals surface area contributed by atoms with Crippen LogP contribution in [0.15, 0.2) is 6.07 Å². The first kappa shape index (κ1) is 12.8. The highest BCUT2D eigenvalue weighted by atomic mass is 16.5. The Bertz CT molecular complexity index is 460. The summed E-state index contributed by atoms with van der Waals surface area (Å²) in [5, 5.41) is 9.14. The van der Waals surface area contributed by atoms with Crippen molar-refractivity contribution >= 4 is 0 Å². The molecule has 0 radical (unpaired) electrons. The zero-order chi connectivity index (χ0) is 13.0. The molecule has 2 heterocycles. The van der Waals surface area contributed by atoms with Gasteiger partial charge in [-0.25, -0.2) is 4.98 Å². The fraction of sp³-hybridized carbons (Fsp3) is 0.571. The third-order valence-corrected chi connectivity index (χ3v) is 3.22. The fourth-order valence-corrected chi connectivity index (χ4v) is 2.15. The van der Waals surface area contributed by atoms with Gasteiger partial charge in [-0.3, -0.25) is 0 Å². The Morgan fingerprint density at radius 2 is 2.17 bits per heavy atom. The number of hydrogen-bond acceptors (Lipinski definition) is 4. The Morgan fingerprint density at radius 1 is 1.44 bits per heavy atom. The van der Waals surface area contributed by atoms with Crippen molar-refractivity contribution < 1.29 is 9.47 Å². The van der Waals surface area contributed by atoms with E-state index < -0.39 is 0 Å². The van der Waals surface area contributed by atoms with Crippen molar-refractivity contribution in [2.75, 3.05) is 19.8 Å². The van der Waals surface area contributed by atoms with Crippen LogP contribution in [0.2, 0.25) is 0 Å². The number of ether oxygens (including phenoxy) is 2. The smallest absolute Gasteiger partial charge is 0.232 e. The van der Waals surface area contributed by atoms with E-state index in [1.165, 1.54) is 0 Å². The highest BCUT2D eigenvalue weighted by Gasteiger charge is 2.16. The zero-order valence-corrected chi connectivity index (χ0v) is 10.9. The summed E-state index contributed by atoms with van der Waals surface area (Å²) in [7, 11) is 0. The quantitative estimate of drug-likeness (QED) is 0.821. The van der Waals surface area contributed by atoms with Crippen LogP contribution in [0.1, 0.15) is 29.7 Å². The standard InChI is InChI=1S/C14H18N2O2/c1-10-7-11(2)16-14(13(10)8-15)18-9-12-3-5-17-6-4-12/h7,12H,3-6,9H2,1-2H3. The van der Waals surface area contributed by atoms with Crippen molar-refractivity contribution in [3.63, 3.8) is 0 Å². The molecule has 1 aliphatic rings. The van der Waals surface area contributed by atoms with Crippen LogP contribution in [-0.4, -0.2) is 24.8 Å². The Balaban J connectivity index is 2.06. The average Bonchev–Trinajstić information content (AvgIpc) is 2.37. The van der Waals surface area contributed by atoms with E-state index in [2.05, 4.69) is 11.1 Å². The van der Waals surface area contributed by atoms with Crippen LogP contribution in [0.4, 0.5) is 0 Å². The molecule has 0 atom stereocenters. The van der Waals surface area contributed by atoms with Crippen molar-refractivity contribution in [1.82, 2.24) is 4.98 Å². The second-order valence-electron chi connectivity index (χ2n) is 4.74. The molecule has 1 saturated heterocycles. The molecule has 0 bridgehead atoms. The van der Waals surface area contributed by atoms with Gasteiger partial charge >= 0.3 is 0 Å². The number of pyridine rings is 1. The Morgan fingerprint density at radius 3 is 2.83 bits per heavy atom. The largest absolute Gasteiger partial charge is 0.476 e. The zero-order valence-electron chi connectivity index (χ0n) is 10.9. The molecule has 0 spiro atoms. The van der Waals surface area contributed by atoms with E-state index in [-0.39, 0.29) is 0 Å². The molecule has 0 N–H and O–H groups in total. The van der Waals surface area contributed by atoms with Gasteiger partial charge in [0.25, 0.3) is 0 Å². The first-order chi connectivity index (χ1) is 8.70. The lowest BCUT2D eigenvalue weighted by Crippen LogP contribution is -2.22. The van der Waals surface area contributed by atoms with Gasteiger partial charge in [-0.1, -0.05) is 0 Å². The second kappa shape index (κ2) is 5.83. The summed E-state index contributed by atoms with van der Waals surface area (Å²) in [6.45, 7) is 6.05. The minimum atomic E-state index is 0.474. The Kier molecular flexibility index (Phi) is 4.16. The van der Waals surface area contributed by atoms with Gasteiger partial charge in [-0.2, -0.15) is 5.26 Å². The molecule has 0 amide bonds. The first-order valence-electron chi connectivity index (χ1n) is 6.29. The van der Waals surface area contributed by atoms with Crippen molar-refractivity contribution in [2.45, 2.75) is 26.7 Å². The lowest BCUT2D eigenvalue weighted by atomic mass is 10.0. The monoisotopic (exact) mass is 246 g/mol. The van der Waals surface area contributed by atoms with E-state index in [4.69, 9.17) is 14.7 Å². The van der Waals surface area contributed by atoms with Gasteiger partial charge in [-0.05, 0) is 44.2 Å². The van der Waals surface area contributed by atoms with Gasteiger partial charge in [0.05, 0.1) is 6.61 Å². The third kappa shape index (κ3) is 2.99. The molecule has 0 saturated carbocycles. The van der Waals surface area contributed by atoms with E-state index in [0.717, 1.165) is 37.3 Å². The molecular weight excluding hydrogens is 228 g/mol. The van der Waals surface area contributed by atoms with Crippen molar-refractivity contribution in [3.8, 4) is 11.9 Å². The molecule has 4 nitrogen and oxygen atoms in total. The Hall–Kier alpha value is -1.60. The molecule has 1 fully saturated rings. The predicted octanol–water partition coefficient (Wildman–Crippen LogP) is 2.38. The van der Waals surface area contributed by atoms with E-state index in [0.29, 0.717) is 24.0 Å². The van der Waals surface area contributed by atoms with E-state index in [9.17, 15) is 0 Å². The summed E-state index contributed by atoms with van der Waals surface area (Å²) in [5.41, 5.74) is 2.35. The van der Waals surface area contributed by atoms with E-state index in [1.807, 2.05) is 19.9 Å². The molecule has 0 aliphatic carbocycles. The summed E-state index contributed by atoms with van der Waals surface area (Å²) < 4.78 is 11.1. The molecule has 2 rings (SSSR count). The summed E-state index contributed by atoms with van der Waals surface area (Å²) in [5.74, 6) is 0.981.